The Morgan fingerprint density at radius 3 is 2.95 bits per heavy atom. The Kier molecular flexibility index (Phi) is 5.71. The lowest BCUT2D eigenvalue weighted by atomic mass is 9.94. The highest BCUT2D eigenvalue weighted by atomic mass is 14.9. The van der Waals surface area contributed by atoms with Crippen molar-refractivity contribution < 1.29 is 0 Å². The second-order valence-corrected chi connectivity index (χ2v) is 6.20. The predicted molar refractivity (Wildman–Crippen MR) is 83.7 cm³/mol. The summed E-state index contributed by atoms with van der Waals surface area (Å²) in [5.41, 5.74) is 2.80. The number of rotatable bonds is 7. The van der Waals surface area contributed by atoms with Gasteiger partial charge in [-0.1, -0.05) is 44.9 Å². The van der Waals surface area contributed by atoms with E-state index >= 15 is 0 Å². The first-order valence-corrected chi connectivity index (χ1v) is 7.78. The lowest BCUT2D eigenvalue weighted by molar-refractivity contribution is 0.465. The first-order valence-electron chi connectivity index (χ1n) is 7.78. The standard InChI is InChI=1S/C17H28N2/c1-14(2)7-5-6-10-18-12-15-11-16-8-3-4-9-17(16)19-13-15/h3-4,8-9,14-15,18-19H,5-7,10-13H2,1-2H3. The third-order valence-electron chi connectivity index (χ3n) is 3.93. The van der Waals surface area contributed by atoms with Crippen LogP contribution in [-0.2, 0) is 6.42 Å². The fraction of sp³-hybridized carbons (Fsp3) is 0.647. The van der Waals surface area contributed by atoms with Crippen molar-refractivity contribution in [2.75, 3.05) is 25.0 Å². The molecular weight excluding hydrogens is 232 g/mol. The first kappa shape index (κ1) is 14.4. The highest BCUT2D eigenvalue weighted by molar-refractivity contribution is 5.53. The zero-order valence-electron chi connectivity index (χ0n) is 12.4. The van der Waals surface area contributed by atoms with Crippen LogP contribution in [0.5, 0.6) is 0 Å². The molecule has 1 heterocycles. The average molecular weight is 260 g/mol. The van der Waals surface area contributed by atoms with Crippen molar-refractivity contribution in [2.24, 2.45) is 11.8 Å². The van der Waals surface area contributed by atoms with Crippen LogP contribution in [0, 0.1) is 11.8 Å². The molecule has 1 aromatic carbocycles. The van der Waals surface area contributed by atoms with Crippen molar-refractivity contribution in [1.29, 1.82) is 0 Å². The van der Waals surface area contributed by atoms with Crippen LogP contribution in [-0.4, -0.2) is 19.6 Å². The zero-order valence-corrected chi connectivity index (χ0v) is 12.4. The average Bonchev–Trinajstić information content (AvgIpc) is 2.42. The number of benzene rings is 1. The molecule has 0 spiro atoms. The van der Waals surface area contributed by atoms with Crippen molar-refractivity contribution in [3.05, 3.63) is 29.8 Å². The molecule has 1 aromatic rings. The highest BCUT2D eigenvalue weighted by Crippen LogP contribution is 2.23. The van der Waals surface area contributed by atoms with Gasteiger partial charge in [0.05, 0.1) is 0 Å². The first-order chi connectivity index (χ1) is 9.25. The fourth-order valence-electron chi connectivity index (χ4n) is 2.76. The summed E-state index contributed by atoms with van der Waals surface area (Å²) in [6.07, 6.45) is 5.24. The van der Waals surface area contributed by atoms with Crippen molar-refractivity contribution >= 4 is 5.69 Å². The SMILES string of the molecule is CC(C)CCCCNCC1CNc2ccccc2C1. The molecular formula is C17H28N2. The summed E-state index contributed by atoms with van der Waals surface area (Å²) >= 11 is 0. The van der Waals surface area contributed by atoms with E-state index in [1.54, 1.807) is 0 Å². The van der Waals surface area contributed by atoms with Crippen LogP contribution >= 0.6 is 0 Å². The maximum Gasteiger partial charge on any atom is 0.0372 e. The molecule has 0 aromatic heterocycles. The number of hydrogen-bond donors (Lipinski definition) is 2. The van der Waals surface area contributed by atoms with E-state index in [1.807, 2.05) is 0 Å². The monoisotopic (exact) mass is 260 g/mol. The third-order valence-corrected chi connectivity index (χ3v) is 3.93. The minimum atomic E-state index is 0.736. The van der Waals surface area contributed by atoms with Crippen LogP contribution in [0.4, 0.5) is 5.69 Å². The Morgan fingerprint density at radius 2 is 2.11 bits per heavy atom. The Morgan fingerprint density at radius 1 is 1.26 bits per heavy atom. The fourth-order valence-corrected chi connectivity index (χ4v) is 2.76. The van der Waals surface area contributed by atoms with Crippen LogP contribution in [0.15, 0.2) is 24.3 Å². The Labute approximate surface area is 118 Å². The molecule has 0 amide bonds. The van der Waals surface area contributed by atoms with Gasteiger partial charge in [-0.05, 0) is 49.4 Å². The lowest BCUT2D eigenvalue weighted by Crippen LogP contribution is -2.32. The van der Waals surface area contributed by atoms with Gasteiger partial charge in [-0.3, -0.25) is 0 Å². The van der Waals surface area contributed by atoms with Gasteiger partial charge in [0.1, 0.15) is 0 Å². The molecule has 106 valence electrons. The van der Waals surface area contributed by atoms with Crippen LogP contribution in [0.25, 0.3) is 0 Å². The number of fused-ring (bicyclic) bond motifs is 1. The topological polar surface area (TPSA) is 24.1 Å². The van der Waals surface area contributed by atoms with E-state index in [2.05, 4.69) is 48.7 Å². The van der Waals surface area contributed by atoms with Gasteiger partial charge in [-0.2, -0.15) is 0 Å². The van der Waals surface area contributed by atoms with E-state index in [0.29, 0.717) is 0 Å². The molecule has 0 radical (unpaired) electrons. The van der Waals surface area contributed by atoms with E-state index in [-0.39, 0.29) is 0 Å². The number of hydrogen-bond acceptors (Lipinski definition) is 2. The minimum Gasteiger partial charge on any atom is -0.384 e. The van der Waals surface area contributed by atoms with Crippen molar-refractivity contribution in [3.8, 4) is 0 Å². The van der Waals surface area contributed by atoms with Crippen LogP contribution in [0.1, 0.15) is 38.7 Å². The van der Waals surface area contributed by atoms with E-state index < -0.39 is 0 Å². The number of nitrogens with one attached hydrogen (secondary N) is 2. The second-order valence-electron chi connectivity index (χ2n) is 6.20. The zero-order chi connectivity index (χ0) is 13.5. The molecule has 2 rings (SSSR count). The minimum absolute atomic E-state index is 0.736. The van der Waals surface area contributed by atoms with E-state index in [4.69, 9.17) is 0 Å². The van der Waals surface area contributed by atoms with Crippen molar-refractivity contribution in [1.82, 2.24) is 5.32 Å². The molecule has 19 heavy (non-hydrogen) atoms. The summed E-state index contributed by atoms with van der Waals surface area (Å²) in [5, 5.41) is 7.16. The molecule has 0 aliphatic carbocycles. The molecule has 2 heteroatoms. The summed E-state index contributed by atoms with van der Waals surface area (Å²) in [5.74, 6) is 1.58. The van der Waals surface area contributed by atoms with Crippen molar-refractivity contribution in [3.63, 3.8) is 0 Å². The molecule has 0 saturated heterocycles. The second kappa shape index (κ2) is 7.54. The highest BCUT2D eigenvalue weighted by Gasteiger charge is 2.16. The molecule has 1 aliphatic rings. The Balaban J connectivity index is 1.61. The van der Waals surface area contributed by atoms with Crippen LogP contribution in [0.3, 0.4) is 0 Å². The van der Waals surface area contributed by atoms with E-state index in [1.165, 1.54) is 43.5 Å². The summed E-state index contributed by atoms with van der Waals surface area (Å²) in [6.45, 7) is 8.03. The van der Waals surface area contributed by atoms with Gasteiger partial charge in [-0.15, -0.1) is 0 Å². The van der Waals surface area contributed by atoms with Gasteiger partial charge < -0.3 is 10.6 Å². The lowest BCUT2D eigenvalue weighted by Gasteiger charge is -2.26. The van der Waals surface area contributed by atoms with Crippen molar-refractivity contribution in [2.45, 2.75) is 39.5 Å². The molecule has 2 N–H and O–H groups in total. The van der Waals surface area contributed by atoms with E-state index in [9.17, 15) is 0 Å². The quantitative estimate of drug-likeness (QED) is 0.731. The van der Waals surface area contributed by atoms with Gasteiger partial charge >= 0.3 is 0 Å². The molecule has 0 fully saturated rings. The number of para-hydroxylation sites is 1. The van der Waals surface area contributed by atoms with Crippen LogP contribution in [0.2, 0.25) is 0 Å². The molecule has 0 saturated carbocycles. The van der Waals surface area contributed by atoms with E-state index in [0.717, 1.165) is 24.9 Å². The Hall–Kier alpha value is -1.02. The molecule has 1 atom stereocenters. The van der Waals surface area contributed by atoms with Crippen LogP contribution < -0.4 is 10.6 Å². The summed E-state index contributed by atoms with van der Waals surface area (Å²) in [6, 6.07) is 8.68. The summed E-state index contributed by atoms with van der Waals surface area (Å²) in [7, 11) is 0. The van der Waals surface area contributed by atoms with Gasteiger partial charge in [-0.25, -0.2) is 0 Å². The smallest absolute Gasteiger partial charge is 0.0372 e. The number of unbranched alkanes of at least 4 members (excludes halogenated alkanes) is 1. The Bertz CT molecular complexity index is 373. The predicted octanol–water partition coefficient (Wildman–Crippen LogP) is 3.69. The normalized spacial score (nSPS) is 18.2. The van der Waals surface area contributed by atoms with Gasteiger partial charge in [0, 0.05) is 12.2 Å². The largest absolute Gasteiger partial charge is 0.384 e. The third kappa shape index (κ3) is 4.87. The molecule has 0 bridgehead atoms. The molecule has 1 unspecified atom stereocenters. The number of anilines is 1. The molecule has 1 aliphatic heterocycles. The summed E-state index contributed by atoms with van der Waals surface area (Å²) < 4.78 is 0. The summed E-state index contributed by atoms with van der Waals surface area (Å²) in [4.78, 5) is 0. The maximum absolute atomic E-state index is 3.62. The maximum atomic E-state index is 3.62. The van der Waals surface area contributed by atoms with Gasteiger partial charge in [0.15, 0.2) is 0 Å². The molecule has 2 nitrogen and oxygen atoms in total. The van der Waals surface area contributed by atoms with Gasteiger partial charge in [0.2, 0.25) is 0 Å². The van der Waals surface area contributed by atoms with Gasteiger partial charge in [0.25, 0.3) is 0 Å².